The van der Waals surface area contributed by atoms with Crippen LogP contribution in [0.3, 0.4) is 0 Å². The van der Waals surface area contributed by atoms with Crippen LogP contribution in [0.1, 0.15) is 6.92 Å². The number of rotatable bonds is 0. The Kier molecular flexibility index (Phi) is 12.5. The standard InChI is InChI=1S/C2H6O2Si.C2H4/c1-2(3)4-5;1-2/h1,5H3;1-2H2. The first-order chi connectivity index (χ1) is 3.27. The molecule has 0 rings (SSSR count). The molecule has 0 aromatic heterocycles. The summed E-state index contributed by atoms with van der Waals surface area (Å²) in [4.78, 5) is 9.62. The lowest BCUT2D eigenvalue weighted by Crippen LogP contribution is -1.90. The normalized spacial score (nSPS) is 5.86. The fraction of sp³-hybridized carbons (Fsp3) is 0.250. The minimum absolute atomic E-state index is 0.184. The second kappa shape index (κ2) is 9.06. The van der Waals surface area contributed by atoms with Crippen molar-refractivity contribution in [1.29, 1.82) is 0 Å². The van der Waals surface area contributed by atoms with Crippen molar-refractivity contribution in [2.45, 2.75) is 6.92 Å². The lowest BCUT2D eigenvalue weighted by molar-refractivity contribution is -0.131. The average Bonchev–Trinajstić information content (AvgIpc) is 1.73. The lowest BCUT2D eigenvalue weighted by atomic mass is 10.9. The lowest BCUT2D eigenvalue weighted by Gasteiger charge is -1.82. The first-order valence-electron chi connectivity index (χ1n) is 1.82. The van der Waals surface area contributed by atoms with Crippen molar-refractivity contribution < 1.29 is 9.22 Å². The van der Waals surface area contributed by atoms with Gasteiger partial charge in [-0.3, -0.25) is 4.79 Å². The zero-order valence-corrected chi connectivity index (χ0v) is 6.73. The molecule has 7 heavy (non-hydrogen) atoms. The molecular formula is C4H10O2Si. The van der Waals surface area contributed by atoms with Gasteiger partial charge in [0.2, 0.25) is 10.5 Å². The van der Waals surface area contributed by atoms with E-state index in [2.05, 4.69) is 17.6 Å². The number of carbonyl (C=O) groups is 1. The van der Waals surface area contributed by atoms with E-state index in [-0.39, 0.29) is 5.97 Å². The predicted octanol–water partition coefficient (Wildman–Crippen LogP) is -0.368. The van der Waals surface area contributed by atoms with Gasteiger partial charge < -0.3 is 4.43 Å². The zero-order valence-electron chi connectivity index (χ0n) is 4.73. The first kappa shape index (κ1) is 9.66. The monoisotopic (exact) mass is 118 g/mol. The van der Waals surface area contributed by atoms with Gasteiger partial charge in [-0.25, -0.2) is 0 Å². The molecule has 0 bridgehead atoms. The molecule has 0 atom stereocenters. The maximum Gasteiger partial charge on any atom is 0.288 e. The second-order valence-electron chi connectivity index (χ2n) is 0.696. The topological polar surface area (TPSA) is 26.3 Å². The third-order valence-electron chi connectivity index (χ3n) is 0.287. The molecule has 0 fully saturated rings. The van der Waals surface area contributed by atoms with Crippen LogP contribution < -0.4 is 0 Å². The summed E-state index contributed by atoms with van der Waals surface area (Å²) >= 11 is 0. The van der Waals surface area contributed by atoms with Crippen molar-refractivity contribution in [2.24, 2.45) is 0 Å². The molecule has 0 amide bonds. The fourth-order valence-corrected chi connectivity index (χ4v) is 0. The van der Waals surface area contributed by atoms with Crippen LogP contribution in [0, 0.1) is 0 Å². The van der Waals surface area contributed by atoms with E-state index < -0.39 is 0 Å². The van der Waals surface area contributed by atoms with Crippen molar-refractivity contribution in [3.63, 3.8) is 0 Å². The number of hydrogen-bond donors (Lipinski definition) is 0. The molecule has 0 unspecified atom stereocenters. The van der Waals surface area contributed by atoms with Gasteiger partial charge in [-0.15, -0.1) is 13.2 Å². The highest BCUT2D eigenvalue weighted by Crippen LogP contribution is 1.58. The minimum atomic E-state index is -0.184. The molecule has 0 N–H and O–H groups in total. The third-order valence-corrected chi connectivity index (χ3v) is 0.862. The molecule has 0 spiro atoms. The van der Waals surface area contributed by atoms with Gasteiger partial charge in [0.1, 0.15) is 0 Å². The molecule has 0 aliphatic rings. The molecule has 3 heteroatoms. The number of carbonyl (C=O) groups excluding carboxylic acids is 1. The van der Waals surface area contributed by atoms with Gasteiger partial charge in [-0.05, 0) is 0 Å². The van der Waals surface area contributed by atoms with Crippen LogP contribution in [0.2, 0.25) is 0 Å². The van der Waals surface area contributed by atoms with Gasteiger partial charge >= 0.3 is 0 Å². The van der Waals surface area contributed by atoms with E-state index in [1.807, 2.05) is 0 Å². The van der Waals surface area contributed by atoms with Gasteiger partial charge in [0, 0.05) is 6.92 Å². The quantitative estimate of drug-likeness (QED) is 0.320. The Morgan fingerprint density at radius 3 is 1.86 bits per heavy atom. The van der Waals surface area contributed by atoms with E-state index in [1.165, 1.54) is 6.92 Å². The second-order valence-corrected chi connectivity index (χ2v) is 1.10. The molecule has 2 nitrogen and oxygen atoms in total. The van der Waals surface area contributed by atoms with E-state index in [1.54, 1.807) is 0 Å². The van der Waals surface area contributed by atoms with Gasteiger partial charge in [-0.2, -0.15) is 0 Å². The van der Waals surface area contributed by atoms with E-state index >= 15 is 0 Å². The SMILES string of the molecule is C=C.CC(=O)O[SiH3]. The van der Waals surface area contributed by atoms with Crippen molar-refractivity contribution in [1.82, 2.24) is 0 Å². The molecule has 0 aliphatic carbocycles. The summed E-state index contributed by atoms with van der Waals surface area (Å²) in [7, 11) is 0.524. The summed E-state index contributed by atoms with van der Waals surface area (Å²) in [6.45, 7) is 7.40. The Hall–Kier alpha value is -0.573. The molecule has 0 saturated carbocycles. The summed E-state index contributed by atoms with van der Waals surface area (Å²) in [5.41, 5.74) is 0. The van der Waals surface area contributed by atoms with Crippen LogP contribution in [0.25, 0.3) is 0 Å². The van der Waals surface area contributed by atoms with E-state index in [4.69, 9.17) is 0 Å². The van der Waals surface area contributed by atoms with Gasteiger partial charge in [0.05, 0.1) is 0 Å². The molecule has 0 aromatic rings. The Balaban J connectivity index is 0. The molecular weight excluding hydrogens is 108 g/mol. The Morgan fingerprint density at radius 1 is 1.71 bits per heavy atom. The van der Waals surface area contributed by atoms with Crippen molar-refractivity contribution in [3.05, 3.63) is 13.2 Å². The molecule has 0 heterocycles. The van der Waals surface area contributed by atoms with Crippen LogP contribution in [0.5, 0.6) is 0 Å². The third kappa shape index (κ3) is 31.3. The smallest absolute Gasteiger partial charge is 0.288 e. The largest absolute Gasteiger partial charge is 0.529 e. The van der Waals surface area contributed by atoms with Crippen LogP contribution >= 0.6 is 0 Å². The maximum atomic E-state index is 9.62. The van der Waals surface area contributed by atoms with Crippen LogP contribution in [-0.2, 0) is 9.22 Å². The van der Waals surface area contributed by atoms with Gasteiger partial charge in [0.25, 0.3) is 5.97 Å². The van der Waals surface area contributed by atoms with Crippen LogP contribution in [0.4, 0.5) is 0 Å². The highest BCUT2D eigenvalue weighted by Gasteiger charge is 1.74. The van der Waals surface area contributed by atoms with Gasteiger partial charge in [-0.1, -0.05) is 0 Å². The fourth-order valence-electron chi connectivity index (χ4n) is 0. The van der Waals surface area contributed by atoms with Crippen LogP contribution in [0.15, 0.2) is 13.2 Å². The summed E-state index contributed by atoms with van der Waals surface area (Å²) in [5.74, 6) is -0.184. The minimum Gasteiger partial charge on any atom is -0.529 e. The Bertz CT molecular complexity index is 53.7. The summed E-state index contributed by atoms with van der Waals surface area (Å²) < 4.78 is 4.25. The number of hydrogen-bond acceptors (Lipinski definition) is 2. The van der Waals surface area contributed by atoms with E-state index in [0.717, 1.165) is 0 Å². The summed E-state index contributed by atoms with van der Waals surface area (Å²) in [6, 6.07) is 0. The highest BCUT2D eigenvalue weighted by molar-refractivity contribution is 6.04. The average molecular weight is 118 g/mol. The first-order valence-corrected chi connectivity index (χ1v) is 2.63. The summed E-state index contributed by atoms with van der Waals surface area (Å²) in [6.07, 6.45) is 0. The molecule has 0 aromatic carbocycles. The molecule has 0 radical (unpaired) electrons. The maximum absolute atomic E-state index is 9.62. The van der Waals surface area contributed by atoms with E-state index in [0.29, 0.717) is 10.5 Å². The van der Waals surface area contributed by atoms with Crippen molar-refractivity contribution in [3.8, 4) is 0 Å². The Labute approximate surface area is 46.7 Å². The van der Waals surface area contributed by atoms with Crippen LogP contribution in [-0.4, -0.2) is 16.5 Å². The zero-order chi connectivity index (χ0) is 6.28. The van der Waals surface area contributed by atoms with Crippen molar-refractivity contribution >= 4 is 16.5 Å². The predicted molar refractivity (Wildman–Crippen MR) is 33.0 cm³/mol. The van der Waals surface area contributed by atoms with Crippen molar-refractivity contribution in [2.75, 3.05) is 0 Å². The highest BCUT2D eigenvalue weighted by atomic mass is 28.2. The Morgan fingerprint density at radius 2 is 1.86 bits per heavy atom. The molecule has 42 valence electrons. The summed E-state index contributed by atoms with van der Waals surface area (Å²) in [5, 5.41) is 0. The molecule has 0 saturated heterocycles. The molecule has 0 aliphatic heterocycles. The van der Waals surface area contributed by atoms with Gasteiger partial charge in [0.15, 0.2) is 0 Å². The van der Waals surface area contributed by atoms with E-state index in [9.17, 15) is 4.79 Å².